The second-order valence-corrected chi connectivity index (χ2v) is 9.64. The second-order valence-electron chi connectivity index (χ2n) is 8.14. The lowest BCUT2D eigenvalue weighted by Gasteiger charge is -2.04. The van der Waals surface area contributed by atoms with Gasteiger partial charge < -0.3 is 15.0 Å². The number of benzene rings is 1. The molecule has 14 heteroatoms. The molecular formula is C25H20ClF3N6O3S. The number of alkyl halides is 3. The van der Waals surface area contributed by atoms with Gasteiger partial charge in [0.2, 0.25) is 0 Å². The zero-order valence-electron chi connectivity index (χ0n) is 20.2. The number of rotatable bonds is 6. The average molecular weight is 577 g/mol. The summed E-state index contributed by atoms with van der Waals surface area (Å²) in [5.74, 6) is -2.38. The maximum absolute atomic E-state index is 12.9. The molecule has 4 heterocycles. The van der Waals surface area contributed by atoms with E-state index in [2.05, 4.69) is 20.3 Å². The fourth-order valence-electron chi connectivity index (χ4n) is 3.48. The Labute approximate surface area is 228 Å². The highest BCUT2D eigenvalue weighted by Crippen LogP contribution is 2.22. The van der Waals surface area contributed by atoms with Gasteiger partial charge in [-0.25, -0.2) is 19.7 Å². The lowest BCUT2D eigenvalue weighted by atomic mass is 10.2. The topological polar surface area (TPSA) is 114 Å². The van der Waals surface area contributed by atoms with Crippen molar-refractivity contribution < 1.29 is 27.9 Å². The third-order valence-electron chi connectivity index (χ3n) is 5.25. The van der Waals surface area contributed by atoms with Gasteiger partial charge in [-0.2, -0.15) is 13.2 Å². The molecule has 0 aliphatic heterocycles. The first-order valence-electron chi connectivity index (χ1n) is 11.2. The Balaban J connectivity index is 0.000000448. The number of pyridine rings is 1. The van der Waals surface area contributed by atoms with E-state index in [0.717, 1.165) is 21.8 Å². The summed E-state index contributed by atoms with van der Waals surface area (Å²) in [5.41, 5.74) is 3.73. The van der Waals surface area contributed by atoms with Gasteiger partial charge in [-0.15, -0.1) is 11.3 Å². The highest BCUT2D eigenvalue weighted by Gasteiger charge is 2.38. The number of carbonyl (C=O) groups excluding carboxylic acids is 1. The van der Waals surface area contributed by atoms with Crippen LogP contribution >= 0.6 is 22.9 Å². The standard InChI is InChI=1S/C23H19ClN6OS.C2HF3O2/c1-15-27-18(13-32-15)11-29-12-19(26-14-29)22-28-21(20-4-2-3-9-30(20)22)23(31)25-10-16-5-7-17(24)8-6-16;3-2(4,5)1(6)7/h2-9,12-14H,10-11H2,1H3,(H,25,31);(H,6,7). The minimum absolute atomic E-state index is 0.243. The predicted molar refractivity (Wildman–Crippen MR) is 139 cm³/mol. The van der Waals surface area contributed by atoms with Gasteiger partial charge in [0.05, 0.1) is 29.1 Å². The maximum Gasteiger partial charge on any atom is 0.490 e. The molecule has 0 unspecified atom stereocenters. The fraction of sp³-hybridized carbons (Fsp3) is 0.160. The van der Waals surface area contributed by atoms with Crippen molar-refractivity contribution in [2.24, 2.45) is 0 Å². The van der Waals surface area contributed by atoms with E-state index >= 15 is 0 Å². The van der Waals surface area contributed by atoms with Crippen molar-refractivity contribution in [2.45, 2.75) is 26.2 Å². The fourth-order valence-corrected chi connectivity index (χ4v) is 4.21. The minimum atomic E-state index is -5.08. The molecule has 5 rings (SSSR count). The lowest BCUT2D eigenvalue weighted by molar-refractivity contribution is -0.192. The summed E-state index contributed by atoms with van der Waals surface area (Å²) in [7, 11) is 0. The Hall–Kier alpha value is -4.23. The Morgan fingerprint density at radius 3 is 2.49 bits per heavy atom. The number of halogens is 4. The molecule has 0 aliphatic carbocycles. The van der Waals surface area contributed by atoms with Crippen molar-refractivity contribution >= 4 is 40.3 Å². The number of thiazole rings is 1. The third-order valence-corrected chi connectivity index (χ3v) is 6.32. The summed E-state index contributed by atoms with van der Waals surface area (Å²) in [5, 5.41) is 13.8. The van der Waals surface area contributed by atoms with Gasteiger partial charge in [-0.05, 0) is 36.8 Å². The van der Waals surface area contributed by atoms with Crippen molar-refractivity contribution in [3.05, 3.63) is 93.5 Å². The molecule has 4 aromatic heterocycles. The first kappa shape index (κ1) is 27.8. The number of imidazole rings is 2. The molecule has 0 radical (unpaired) electrons. The number of fused-ring (bicyclic) bond motifs is 1. The highest BCUT2D eigenvalue weighted by molar-refractivity contribution is 7.09. The van der Waals surface area contributed by atoms with Gasteiger partial charge in [-0.1, -0.05) is 29.8 Å². The Morgan fingerprint density at radius 2 is 1.85 bits per heavy atom. The molecular weight excluding hydrogens is 557 g/mol. The minimum Gasteiger partial charge on any atom is -0.475 e. The predicted octanol–water partition coefficient (Wildman–Crippen LogP) is 5.23. The van der Waals surface area contributed by atoms with Crippen LogP contribution in [0.2, 0.25) is 5.02 Å². The monoisotopic (exact) mass is 576 g/mol. The smallest absolute Gasteiger partial charge is 0.475 e. The van der Waals surface area contributed by atoms with Crippen LogP contribution in [0.1, 0.15) is 26.8 Å². The van der Waals surface area contributed by atoms with E-state index in [1.807, 2.05) is 64.0 Å². The molecule has 0 fully saturated rings. The molecule has 0 saturated carbocycles. The van der Waals surface area contributed by atoms with E-state index in [4.69, 9.17) is 21.5 Å². The number of amides is 1. The number of aliphatic carboxylic acids is 1. The number of hydrogen-bond acceptors (Lipinski definition) is 6. The van der Waals surface area contributed by atoms with Gasteiger partial charge in [-0.3, -0.25) is 9.20 Å². The van der Waals surface area contributed by atoms with Crippen LogP contribution in [0.4, 0.5) is 13.2 Å². The lowest BCUT2D eigenvalue weighted by Crippen LogP contribution is -2.23. The molecule has 5 aromatic rings. The number of nitrogens with zero attached hydrogens (tertiary/aromatic N) is 5. The number of carboxylic acids is 1. The Bertz CT molecular complexity index is 1610. The molecule has 0 atom stereocenters. The van der Waals surface area contributed by atoms with Crippen molar-refractivity contribution in [1.82, 2.24) is 29.2 Å². The molecule has 9 nitrogen and oxygen atoms in total. The quantitative estimate of drug-likeness (QED) is 0.286. The number of hydrogen-bond donors (Lipinski definition) is 2. The number of carbonyl (C=O) groups is 2. The van der Waals surface area contributed by atoms with E-state index in [-0.39, 0.29) is 5.91 Å². The zero-order chi connectivity index (χ0) is 28.2. The summed E-state index contributed by atoms with van der Waals surface area (Å²) >= 11 is 7.56. The molecule has 1 aromatic carbocycles. The summed E-state index contributed by atoms with van der Waals surface area (Å²) < 4.78 is 35.6. The molecule has 0 spiro atoms. The molecule has 0 aliphatic rings. The van der Waals surface area contributed by atoms with Gasteiger partial charge in [0.25, 0.3) is 5.91 Å². The van der Waals surface area contributed by atoms with Gasteiger partial charge >= 0.3 is 12.1 Å². The number of aromatic nitrogens is 5. The molecule has 1 amide bonds. The van der Waals surface area contributed by atoms with Gasteiger partial charge in [0, 0.05) is 29.3 Å². The first-order valence-corrected chi connectivity index (χ1v) is 12.5. The van der Waals surface area contributed by atoms with Crippen molar-refractivity contribution in [2.75, 3.05) is 0 Å². The molecule has 0 bridgehead atoms. The van der Waals surface area contributed by atoms with Crippen molar-refractivity contribution in [1.29, 1.82) is 0 Å². The maximum atomic E-state index is 12.9. The Kier molecular flexibility index (Phi) is 8.31. The van der Waals surface area contributed by atoms with Crippen LogP contribution in [0.25, 0.3) is 17.0 Å². The molecule has 2 N–H and O–H groups in total. The largest absolute Gasteiger partial charge is 0.490 e. The Morgan fingerprint density at radius 1 is 1.13 bits per heavy atom. The summed E-state index contributed by atoms with van der Waals surface area (Å²) in [4.78, 5) is 35.5. The first-order chi connectivity index (χ1) is 18.5. The zero-order valence-corrected chi connectivity index (χ0v) is 21.8. The van der Waals surface area contributed by atoms with Crippen molar-refractivity contribution in [3.8, 4) is 11.5 Å². The van der Waals surface area contributed by atoms with Crippen molar-refractivity contribution in [3.63, 3.8) is 0 Å². The van der Waals surface area contributed by atoms with Crippen LogP contribution in [0, 0.1) is 6.92 Å². The number of carboxylic acid groups (broad SMARTS) is 1. The van der Waals surface area contributed by atoms with Crippen LogP contribution in [-0.2, 0) is 17.9 Å². The van der Waals surface area contributed by atoms with Crippen LogP contribution in [-0.4, -0.2) is 47.1 Å². The molecule has 0 saturated heterocycles. The van der Waals surface area contributed by atoms with E-state index in [1.165, 1.54) is 0 Å². The summed E-state index contributed by atoms with van der Waals surface area (Å²) in [6.45, 7) is 3.01. The molecule has 202 valence electrons. The van der Waals surface area contributed by atoms with Gasteiger partial charge in [0.15, 0.2) is 11.5 Å². The second kappa shape index (κ2) is 11.7. The summed E-state index contributed by atoms with van der Waals surface area (Å²) in [6.07, 6.45) is 0.483. The van der Waals surface area contributed by atoms with Crippen LogP contribution in [0.15, 0.2) is 66.6 Å². The van der Waals surface area contributed by atoms with E-state index < -0.39 is 12.1 Å². The van der Waals surface area contributed by atoms with Crippen LogP contribution < -0.4 is 5.32 Å². The third kappa shape index (κ3) is 7.00. The number of aryl methyl sites for hydroxylation is 1. The SMILES string of the molecule is Cc1nc(Cn2cnc(-c3nc(C(=O)NCc4ccc(Cl)cc4)c4ccccn34)c2)cs1.O=C(O)C(F)(F)F. The van der Waals surface area contributed by atoms with E-state index in [1.54, 1.807) is 29.8 Å². The highest BCUT2D eigenvalue weighted by atomic mass is 35.5. The summed E-state index contributed by atoms with van der Waals surface area (Å²) in [6, 6.07) is 13.0. The number of nitrogens with one attached hydrogen (secondary N) is 1. The van der Waals surface area contributed by atoms with Crippen LogP contribution in [0.5, 0.6) is 0 Å². The normalized spacial score (nSPS) is 11.2. The molecule has 39 heavy (non-hydrogen) atoms. The van der Waals surface area contributed by atoms with Gasteiger partial charge in [0.1, 0.15) is 5.69 Å². The average Bonchev–Trinajstić information content (AvgIpc) is 3.62. The van der Waals surface area contributed by atoms with Crippen LogP contribution in [0.3, 0.4) is 0 Å². The van der Waals surface area contributed by atoms with E-state index in [9.17, 15) is 18.0 Å². The van der Waals surface area contributed by atoms with E-state index in [0.29, 0.717) is 35.3 Å².